The molecule has 2 heterocycles. The van der Waals surface area contributed by atoms with Gasteiger partial charge in [0.05, 0.1) is 0 Å². The number of aryl methyl sites for hydroxylation is 2. The van der Waals surface area contributed by atoms with E-state index < -0.39 is 29.9 Å². The third-order valence-corrected chi connectivity index (χ3v) is 6.21. The highest BCUT2D eigenvalue weighted by Crippen LogP contribution is 2.37. The van der Waals surface area contributed by atoms with Crippen molar-refractivity contribution in [3.05, 3.63) is 89.0 Å². The van der Waals surface area contributed by atoms with Crippen LogP contribution >= 0.6 is 0 Å². The molecule has 2 N–H and O–H groups in total. The average molecular weight is 457 g/mol. The Labute approximate surface area is 196 Å². The van der Waals surface area contributed by atoms with Gasteiger partial charge in [-0.05, 0) is 48.2 Å². The van der Waals surface area contributed by atoms with E-state index in [-0.39, 0.29) is 6.79 Å². The highest BCUT2D eigenvalue weighted by Gasteiger charge is 2.54. The minimum Gasteiger partial charge on any atom is -0.454 e. The first-order valence-electron chi connectivity index (χ1n) is 10.9. The molecule has 3 aromatic carbocycles. The Balaban J connectivity index is 1.44. The van der Waals surface area contributed by atoms with Gasteiger partial charge in [0.1, 0.15) is 6.54 Å². The number of imide groups is 1. The van der Waals surface area contributed by atoms with E-state index in [1.807, 2.05) is 50.2 Å². The van der Waals surface area contributed by atoms with Crippen LogP contribution in [0.5, 0.6) is 11.5 Å². The zero-order chi connectivity index (χ0) is 23.9. The molecule has 34 heavy (non-hydrogen) atoms. The number of anilines is 1. The molecular weight excluding hydrogens is 434 g/mol. The first-order valence-corrected chi connectivity index (χ1v) is 10.9. The largest absolute Gasteiger partial charge is 0.454 e. The normalized spacial score (nSPS) is 18.7. The number of urea groups is 1. The molecule has 5 rings (SSSR count). The number of hydrogen-bond acceptors (Lipinski definition) is 5. The Kier molecular flexibility index (Phi) is 5.20. The van der Waals surface area contributed by atoms with Crippen molar-refractivity contribution in [2.45, 2.75) is 19.4 Å². The third-order valence-electron chi connectivity index (χ3n) is 6.21. The predicted octanol–water partition coefficient (Wildman–Crippen LogP) is 3.47. The second-order valence-corrected chi connectivity index (χ2v) is 8.35. The van der Waals surface area contributed by atoms with Crippen molar-refractivity contribution in [1.82, 2.24) is 10.2 Å². The second-order valence-electron chi connectivity index (χ2n) is 8.35. The number of nitrogens with zero attached hydrogens (tertiary/aromatic N) is 1. The highest BCUT2D eigenvalue weighted by atomic mass is 16.7. The van der Waals surface area contributed by atoms with Crippen molar-refractivity contribution in [1.29, 1.82) is 0 Å². The molecule has 0 aromatic heterocycles. The molecule has 2 aliphatic rings. The van der Waals surface area contributed by atoms with Gasteiger partial charge in [0.25, 0.3) is 5.91 Å². The van der Waals surface area contributed by atoms with Gasteiger partial charge in [0.15, 0.2) is 17.0 Å². The molecule has 2 aliphatic heterocycles. The predicted molar refractivity (Wildman–Crippen MR) is 125 cm³/mol. The van der Waals surface area contributed by atoms with Crippen molar-refractivity contribution < 1.29 is 23.9 Å². The molecule has 1 fully saturated rings. The maximum absolute atomic E-state index is 13.8. The topological polar surface area (TPSA) is 97.0 Å². The average Bonchev–Trinajstić information content (AvgIpc) is 3.39. The smallest absolute Gasteiger partial charge is 0.326 e. The molecule has 0 radical (unpaired) electrons. The Bertz CT molecular complexity index is 1310. The Morgan fingerprint density at radius 3 is 2.47 bits per heavy atom. The second kappa shape index (κ2) is 8.22. The van der Waals surface area contributed by atoms with Gasteiger partial charge < -0.3 is 20.1 Å². The summed E-state index contributed by atoms with van der Waals surface area (Å²) in [4.78, 5) is 40.6. The summed E-state index contributed by atoms with van der Waals surface area (Å²) in [6.45, 7) is 3.62. The molecule has 8 heteroatoms. The van der Waals surface area contributed by atoms with E-state index in [0.717, 1.165) is 16.0 Å². The summed E-state index contributed by atoms with van der Waals surface area (Å²) in [7, 11) is 0. The molecule has 8 nitrogen and oxygen atoms in total. The quantitative estimate of drug-likeness (QED) is 0.572. The van der Waals surface area contributed by atoms with Crippen molar-refractivity contribution in [2.75, 3.05) is 18.7 Å². The minimum atomic E-state index is -1.42. The zero-order valence-electron chi connectivity index (χ0n) is 18.8. The number of rotatable bonds is 5. The molecule has 3 aromatic rings. The molecule has 0 spiro atoms. The first-order chi connectivity index (χ1) is 16.4. The Morgan fingerprint density at radius 1 is 0.941 bits per heavy atom. The molecule has 1 saturated heterocycles. The summed E-state index contributed by atoms with van der Waals surface area (Å²) < 4.78 is 10.6. The van der Waals surface area contributed by atoms with Crippen molar-refractivity contribution in [3.63, 3.8) is 0 Å². The van der Waals surface area contributed by atoms with E-state index in [2.05, 4.69) is 10.6 Å². The fourth-order valence-corrected chi connectivity index (χ4v) is 4.26. The lowest BCUT2D eigenvalue weighted by Gasteiger charge is -2.28. The van der Waals surface area contributed by atoms with E-state index in [9.17, 15) is 14.4 Å². The van der Waals surface area contributed by atoms with Crippen LogP contribution in [0.3, 0.4) is 0 Å². The molecule has 1 atom stereocenters. The summed E-state index contributed by atoms with van der Waals surface area (Å²) in [5.74, 6) is 0.0952. The molecule has 0 bridgehead atoms. The molecular formula is C26H23N3O5. The molecule has 172 valence electrons. The fourth-order valence-electron chi connectivity index (χ4n) is 4.26. The van der Waals surface area contributed by atoms with Gasteiger partial charge in [-0.25, -0.2) is 4.79 Å². The van der Waals surface area contributed by atoms with Crippen LogP contribution in [-0.4, -0.2) is 36.1 Å². The van der Waals surface area contributed by atoms with E-state index >= 15 is 0 Å². The number of nitrogens with one attached hydrogen (secondary N) is 2. The van der Waals surface area contributed by atoms with Crippen molar-refractivity contribution >= 4 is 23.5 Å². The Hall–Kier alpha value is -4.33. The summed E-state index contributed by atoms with van der Waals surface area (Å²) in [5, 5.41) is 5.59. The maximum Gasteiger partial charge on any atom is 0.326 e. The number of carbonyl (C=O) groups is 3. The van der Waals surface area contributed by atoms with E-state index in [0.29, 0.717) is 28.3 Å². The van der Waals surface area contributed by atoms with Crippen LogP contribution in [0.1, 0.15) is 22.3 Å². The standard InChI is InChI=1S/C26H23N3O5/c1-16-8-9-19(12-17(16)2)26(18-6-4-3-5-7-18)24(31)29(25(32)28-26)14-23(30)27-20-10-11-21-22(13-20)34-15-33-21/h3-13H,14-15H2,1-2H3,(H,27,30)(H,28,32). The number of hydrogen-bond donors (Lipinski definition) is 2. The van der Waals surface area contributed by atoms with Crippen LogP contribution in [0, 0.1) is 13.8 Å². The number of fused-ring (bicyclic) bond motifs is 1. The first kappa shape index (κ1) is 21.5. The highest BCUT2D eigenvalue weighted by molar-refractivity contribution is 6.12. The van der Waals surface area contributed by atoms with Crippen LogP contribution in [-0.2, 0) is 15.1 Å². The van der Waals surface area contributed by atoms with Crippen LogP contribution in [0.25, 0.3) is 0 Å². The summed E-state index contributed by atoms with van der Waals surface area (Å²) in [5.41, 5.74) is 2.38. The number of carbonyl (C=O) groups excluding carboxylic acids is 3. The van der Waals surface area contributed by atoms with Gasteiger partial charge in [0.2, 0.25) is 12.7 Å². The lowest BCUT2D eigenvalue weighted by atomic mass is 9.81. The molecule has 1 unspecified atom stereocenters. The van der Waals surface area contributed by atoms with Gasteiger partial charge in [-0.3, -0.25) is 14.5 Å². The van der Waals surface area contributed by atoms with E-state index in [1.54, 1.807) is 30.3 Å². The number of amides is 4. The van der Waals surface area contributed by atoms with Gasteiger partial charge in [-0.2, -0.15) is 0 Å². The summed E-state index contributed by atoms with van der Waals surface area (Å²) in [6, 6.07) is 19.1. The van der Waals surface area contributed by atoms with Crippen LogP contribution in [0.15, 0.2) is 66.7 Å². The lowest BCUT2D eigenvalue weighted by Crippen LogP contribution is -2.45. The SMILES string of the molecule is Cc1ccc(C2(c3ccccc3)NC(=O)N(CC(=O)Nc3ccc4c(c3)OCO4)C2=O)cc1C. The van der Waals surface area contributed by atoms with E-state index in [4.69, 9.17) is 9.47 Å². The molecule has 4 amide bonds. The molecule has 0 saturated carbocycles. The van der Waals surface area contributed by atoms with Crippen LogP contribution in [0.4, 0.5) is 10.5 Å². The number of ether oxygens (including phenoxy) is 2. The van der Waals surface area contributed by atoms with Gasteiger partial charge >= 0.3 is 6.03 Å². The van der Waals surface area contributed by atoms with Crippen molar-refractivity contribution in [2.24, 2.45) is 0 Å². The number of benzene rings is 3. The van der Waals surface area contributed by atoms with Gasteiger partial charge in [0, 0.05) is 11.8 Å². The van der Waals surface area contributed by atoms with Gasteiger partial charge in [-0.1, -0.05) is 48.5 Å². The molecule has 0 aliphatic carbocycles. The van der Waals surface area contributed by atoms with Gasteiger partial charge in [-0.15, -0.1) is 0 Å². The zero-order valence-corrected chi connectivity index (χ0v) is 18.8. The van der Waals surface area contributed by atoms with Crippen molar-refractivity contribution in [3.8, 4) is 11.5 Å². The monoisotopic (exact) mass is 457 g/mol. The van der Waals surface area contributed by atoms with Crippen LogP contribution in [0.2, 0.25) is 0 Å². The van der Waals surface area contributed by atoms with Crippen LogP contribution < -0.4 is 20.1 Å². The van der Waals surface area contributed by atoms with E-state index in [1.165, 1.54) is 0 Å². The fraction of sp³-hybridized carbons (Fsp3) is 0.192. The lowest BCUT2D eigenvalue weighted by molar-refractivity contribution is -0.133. The Morgan fingerprint density at radius 2 is 1.71 bits per heavy atom. The summed E-state index contributed by atoms with van der Waals surface area (Å²) in [6.07, 6.45) is 0. The third kappa shape index (κ3) is 3.53. The maximum atomic E-state index is 13.8. The summed E-state index contributed by atoms with van der Waals surface area (Å²) >= 11 is 0. The minimum absolute atomic E-state index is 0.120.